The van der Waals surface area contributed by atoms with Crippen molar-refractivity contribution in [1.82, 2.24) is 24.8 Å². The van der Waals surface area contributed by atoms with Crippen molar-refractivity contribution < 1.29 is 9.90 Å². The van der Waals surface area contributed by atoms with E-state index in [1.54, 1.807) is 16.8 Å². The standard InChI is InChI=1S/C18H15N7O2.C3H6/c26-18(27)22-17-21-16-5-1-3-14(25(16)24-17)13-8-6-12(7-9-13)11-19-15-4-2-10-20-23-15;1-2-3-1/h1-10H,11H2,(H,19,23)(H,22,24)(H,26,27);1-3H2. The van der Waals surface area contributed by atoms with E-state index < -0.39 is 6.09 Å². The van der Waals surface area contributed by atoms with Crippen LogP contribution in [0.2, 0.25) is 0 Å². The minimum atomic E-state index is -1.20. The fourth-order valence-corrected chi connectivity index (χ4v) is 2.65. The molecule has 4 aromatic rings. The molecule has 9 nitrogen and oxygen atoms in total. The fourth-order valence-electron chi connectivity index (χ4n) is 2.65. The molecule has 1 saturated carbocycles. The molecule has 1 aromatic carbocycles. The van der Waals surface area contributed by atoms with E-state index in [9.17, 15) is 4.79 Å². The lowest BCUT2D eigenvalue weighted by Gasteiger charge is -2.07. The number of fused-ring (bicyclic) bond motifs is 1. The van der Waals surface area contributed by atoms with Crippen LogP contribution in [0.1, 0.15) is 24.8 Å². The quantitative estimate of drug-likeness (QED) is 0.460. The Kier molecular flexibility index (Phi) is 5.79. The number of benzene rings is 1. The second-order valence-electron chi connectivity index (χ2n) is 6.77. The summed E-state index contributed by atoms with van der Waals surface area (Å²) < 4.78 is 1.61. The Balaban J connectivity index is 0.000000667. The van der Waals surface area contributed by atoms with Gasteiger partial charge in [0.05, 0.1) is 5.69 Å². The second kappa shape index (κ2) is 8.99. The van der Waals surface area contributed by atoms with Gasteiger partial charge in [-0.2, -0.15) is 10.1 Å². The molecule has 0 unspecified atom stereocenters. The van der Waals surface area contributed by atoms with Gasteiger partial charge < -0.3 is 10.4 Å². The van der Waals surface area contributed by atoms with Gasteiger partial charge in [0.25, 0.3) is 5.95 Å². The summed E-state index contributed by atoms with van der Waals surface area (Å²) in [6.45, 7) is 0.624. The van der Waals surface area contributed by atoms with Gasteiger partial charge in [0.15, 0.2) is 5.65 Å². The number of rotatable bonds is 5. The smallest absolute Gasteiger partial charge is 0.411 e. The number of anilines is 2. The maximum Gasteiger partial charge on any atom is 0.411 e. The van der Waals surface area contributed by atoms with E-state index in [0.717, 1.165) is 16.8 Å². The molecule has 0 saturated heterocycles. The number of pyridine rings is 1. The molecular weight excluding hydrogens is 382 g/mol. The second-order valence-corrected chi connectivity index (χ2v) is 6.77. The summed E-state index contributed by atoms with van der Waals surface area (Å²) in [5, 5.41) is 26.2. The van der Waals surface area contributed by atoms with Crippen molar-refractivity contribution in [2.24, 2.45) is 0 Å². The maximum atomic E-state index is 10.8. The zero-order valence-corrected chi connectivity index (χ0v) is 16.2. The van der Waals surface area contributed by atoms with Crippen molar-refractivity contribution in [3.05, 3.63) is 66.4 Å². The highest BCUT2D eigenvalue weighted by Crippen LogP contribution is 2.21. The number of nitrogens with zero attached hydrogens (tertiary/aromatic N) is 5. The van der Waals surface area contributed by atoms with Crippen LogP contribution in [0.4, 0.5) is 16.6 Å². The van der Waals surface area contributed by atoms with Gasteiger partial charge in [-0.15, -0.1) is 10.2 Å². The zero-order valence-electron chi connectivity index (χ0n) is 16.2. The summed E-state index contributed by atoms with van der Waals surface area (Å²) in [6.07, 6.45) is 4.93. The molecule has 1 aliphatic rings. The van der Waals surface area contributed by atoms with Crippen LogP contribution in [0, 0.1) is 0 Å². The average Bonchev–Trinajstić information content (AvgIpc) is 3.59. The lowest BCUT2D eigenvalue weighted by atomic mass is 10.1. The van der Waals surface area contributed by atoms with Gasteiger partial charge in [0, 0.05) is 18.3 Å². The first kappa shape index (κ1) is 19.3. The maximum absolute atomic E-state index is 10.8. The number of aromatic nitrogens is 5. The third kappa shape index (κ3) is 5.07. The molecule has 30 heavy (non-hydrogen) atoms. The molecule has 0 radical (unpaired) electrons. The Hall–Kier alpha value is -4.01. The number of hydrogen-bond acceptors (Lipinski definition) is 6. The molecular formula is C21H21N7O2. The predicted molar refractivity (Wildman–Crippen MR) is 113 cm³/mol. The Morgan fingerprint density at radius 3 is 2.50 bits per heavy atom. The summed E-state index contributed by atoms with van der Waals surface area (Å²) in [5.41, 5.74) is 3.40. The molecule has 3 aromatic heterocycles. The van der Waals surface area contributed by atoms with Crippen LogP contribution < -0.4 is 10.6 Å². The van der Waals surface area contributed by atoms with E-state index in [0.29, 0.717) is 18.0 Å². The third-order valence-electron chi connectivity index (χ3n) is 4.23. The highest BCUT2D eigenvalue weighted by Gasteiger charge is 2.10. The number of nitrogens with one attached hydrogen (secondary N) is 2. The van der Waals surface area contributed by atoms with Crippen molar-refractivity contribution in [3.8, 4) is 11.3 Å². The summed E-state index contributed by atoms with van der Waals surface area (Å²) in [5.74, 6) is 0.757. The van der Waals surface area contributed by atoms with E-state index in [-0.39, 0.29) is 5.95 Å². The van der Waals surface area contributed by atoms with Crippen LogP contribution in [0.25, 0.3) is 16.9 Å². The molecule has 152 valence electrons. The Morgan fingerprint density at radius 1 is 1.03 bits per heavy atom. The lowest BCUT2D eigenvalue weighted by Crippen LogP contribution is -2.08. The molecule has 9 heteroatoms. The van der Waals surface area contributed by atoms with Crippen LogP contribution >= 0.6 is 0 Å². The summed E-state index contributed by atoms with van der Waals surface area (Å²) in [4.78, 5) is 14.9. The van der Waals surface area contributed by atoms with Gasteiger partial charge in [-0.1, -0.05) is 49.6 Å². The van der Waals surface area contributed by atoms with E-state index in [1.807, 2.05) is 48.5 Å². The number of amides is 1. The first-order chi connectivity index (χ1) is 14.7. The Morgan fingerprint density at radius 2 is 1.83 bits per heavy atom. The van der Waals surface area contributed by atoms with Gasteiger partial charge in [0.2, 0.25) is 0 Å². The topological polar surface area (TPSA) is 117 Å². The molecule has 3 N–H and O–H groups in total. The van der Waals surface area contributed by atoms with Gasteiger partial charge in [-0.05, 0) is 29.8 Å². The summed E-state index contributed by atoms with van der Waals surface area (Å²) in [7, 11) is 0. The van der Waals surface area contributed by atoms with Crippen molar-refractivity contribution in [1.29, 1.82) is 0 Å². The molecule has 5 rings (SSSR count). The van der Waals surface area contributed by atoms with Crippen molar-refractivity contribution in [2.75, 3.05) is 10.6 Å². The van der Waals surface area contributed by atoms with Gasteiger partial charge in [-0.3, -0.25) is 5.32 Å². The zero-order chi connectivity index (χ0) is 20.8. The number of carboxylic acid groups (broad SMARTS) is 1. The molecule has 1 fully saturated rings. The highest BCUT2D eigenvalue weighted by molar-refractivity contribution is 5.80. The van der Waals surface area contributed by atoms with E-state index in [2.05, 4.69) is 30.9 Å². The van der Waals surface area contributed by atoms with Crippen LogP contribution in [0.5, 0.6) is 0 Å². The fraction of sp³-hybridized carbons (Fsp3) is 0.190. The van der Waals surface area contributed by atoms with Gasteiger partial charge in [0.1, 0.15) is 5.82 Å². The third-order valence-corrected chi connectivity index (χ3v) is 4.23. The lowest BCUT2D eigenvalue weighted by molar-refractivity contribution is 0.209. The van der Waals surface area contributed by atoms with Gasteiger partial charge in [-0.25, -0.2) is 9.31 Å². The highest BCUT2D eigenvalue weighted by atomic mass is 16.4. The molecule has 0 atom stereocenters. The molecule has 0 spiro atoms. The molecule has 3 heterocycles. The summed E-state index contributed by atoms with van der Waals surface area (Å²) in [6, 6.07) is 17.2. The Bertz CT molecular complexity index is 1120. The summed E-state index contributed by atoms with van der Waals surface area (Å²) >= 11 is 0. The normalized spacial score (nSPS) is 12.0. The molecule has 0 aliphatic heterocycles. The molecule has 1 aliphatic carbocycles. The average molecular weight is 403 g/mol. The SMILES string of the molecule is C1CC1.O=C(O)Nc1nc2cccc(-c3ccc(CNc4cccnn4)cc3)n2n1. The van der Waals surface area contributed by atoms with E-state index in [1.165, 1.54) is 19.3 Å². The molecule has 1 amide bonds. The van der Waals surface area contributed by atoms with Crippen molar-refractivity contribution in [2.45, 2.75) is 25.8 Å². The Labute approximate surface area is 172 Å². The van der Waals surface area contributed by atoms with Gasteiger partial charge >= 0.3 is 6.09 Å². The van der Waals surface area contributed by atoms with E-state index >= 15 is 0 Å². The predicted octanol–water partition coefficient (Wildman–Crippen LogP) is 4.06. The largest absolute Gasteiger partial charge is 0.465 e. The minimum Gasteiger partial charge on any atom is -0.465 e. The monoisotopic (exact) mass is 403 g/mol. The van der Waals surface area contributed by atoms with Crippen LogP contribution in [-0.2, 0) is 6.54 Å². The van der Waals surface area contributed by atoms with Crippen molar-refractivity contribution >= 4 is 23.5 Å². The first-order valence-corrected chi connectivity index (χ1v) is 9.66. The first-order valence-electron chi connectivity index (χ1n) is 9.66. The van der Waals surface area contributed by atoms with E-state index in [4.69, 9.17) is 5.11 Å². The van der Waals surface area contributed by atoms with Crippen LogP contribution in [0.15, 0.2) is 60.8 Å². The number of carbonyl (C=O) groups is 1. The number of hydrogen-bond donors (Lipinski definition) is 3. The van der Waals surface area contributed by atoms with Crippen LogP contribution in [0.3, 0.4) is 0 Å². The van der Waals surface area contributed by atoms with Crippen molar-refractivity contribution in [3.63, 3.8) is 0 Å². The molecule has 0 bridgehead atoms. The minimum absolute atomic E-state index is 0.0414. The van der Waals surface area contributed by atoms with Crippen LogP contribution in [-0.4, -0.2) is 36.0 Å².